The maximum atomic E-state index is 4.40. The van der Waals surface area contributed by atoms with Crippen molar-refractivity contribution in [3.05, 3.63) is 45.6 Å². The molecule has 0 aromatic carbocycles. The van der Waals surface area contributed by atoms with E-state index < -0.39 is 0 Å². The molecule has 0 aromatic heterocycles. The van der Waals surface area contributed by atoms with E-state index in [0.29, 0.717) is 17.3 Å². The molecule has 26 heavy (non-hydrogen) atoms. The molecule has 3 fully saturated rings. The third-order valence-corrected chi connectivity index (χ3v) is 8.29. The van der Waals surface area contributed by atoms with Crippen molar-refractivity contribution in [3.63, 3.8) is 0 Å². The summed E-state index contributed by atoms with van der Waals surface area (Å²) in [6.45, 7) is 14.2. The van der Waals surface area contributed by atoms with E-state index in [4.69, 9.17) is 0 Å². The van der Waals surface area contributed by atoms with Gasteiger partial charge < -0.3 is 0 Å². The highest BCUT2D eigenvalue weighted by Gasteiger charge is 2.50. The fraction of sp³-hybridized carbons (Fsp3) is 0.680. The molecule has 144 valence electrons. The van der Waals surface area contributed by atoms with Crippen LogP contribution in [-0.4, -0.2) is 0 Å². The molecule has 3 aliphatic carbocycles. The van der Waals surface area contributed by atoms with Crippen molar-refractivity contribution in [2.75, 3.05) is 0 Å². The summed E-state index contributed by atoms with van der Waals surface area (Å²) in [6.07, 6.45) is 16.8. The van der Waals surface area contributed by atoms with Crippen LogP contribution in [0.5, 0.6) is 0 Å². The molecule has 0 aromatic rings. The Labute approximate surface area is 175 Å². The first-order chi connectivity index (χ1) is 12.4. The molecule has 0 unspecified atom stereocenters. The van der Waals surface area contributed by atoms with Crippen LogP contribution >= 0.6 is 22.6 Å². The zero-order valence-corrected chi connectivity index (χ0v) is 19.4. The fourth-order valence-corrected chi connectivity index (χ4v) is 7.08. The summed E-state index contributed by atoms with van der Waals surface area (Å²) >= 11 is 2.38. The maximum Gasteiger partial charge on any atom is -0.0143 e. The SMILES string of the molecule is C=C1/C(=C\C=C2/CCC[C@]3(C)[C@@H]([C@H](C)/C=C/I)CC[C@@H]23)C[C@@H](C)C[C@@H]1C. The van der Waals surface area contributed by atoms with Gasteiger partial charge >= 0.3 is 0 Å². The van der Waals surface area contributed by atoms with Crippen LogP contribution in [0.3, 0.4) is 0 Å². The third kappa shape index (κ3) is 3.93. The number of allylic oxidation sites excluding steroid dienone is 6. The lowest BCUT2D eigenvalue weighted by Gasteiger charge is -2.44. The van der Waals surface area contributed by atoms with Crippen LogP contribution in [-0.2, 0) is 0 Å². The Balaban J connectivity index is 1.82. The normalized spacial score (nSPS) is 42.6. The monoisotopic (exact) mass is 464 g/mol. The lowest BCUT2D eigenvalue weighted by atomic mass is 9.61. The number of hydrogen-bond donors (Lipinski definition) is 0. The van der Waals surface area contributed by atoms with E-state index in [0.717, 1.165) is 17.8 Å². The highest BCUT2D eigenvalue weighted by molar-refractivity contribution is 14.1. The summed E-state index contributed by atoms with van der Waals surface area (Å²) in [7, 11) is 0. The smallest absolute Gasteiger partial charge is 0.0143 e. The lowest BCUT2D eigenvalue weighted by Crippen LogP contribution is -2.35. The lowest BCUT2D eigenvalue weighted by molar-refractivity contribution is 0.112. The molecule has 0 aliphatic heterocycles. The minimum absolute atomic E-state index is 0.502. The molecule has 0 radical (unpaired) electrons. The Morgan fingerprint density at radius 1 is 1.23 bits per heavy atom. The predicted molar refractivity (Wildman–Crippen MR) is 123 cm³/mol. The van der Waals surface area contributed by atoms with Gasteiger partial charge in [-0.3, -0.25) is 0 Å². The molecule has 1 heteroatoms. The summed E-state index contributed by atoms with van der Waals surface area (Å²) in [5.41, 5.74) is 5.15. The van der Waals surface area contributed by atoms with E-state index in [-0.39, 0.29) is 0 Å². The molecule has 0 heterocycles. The van der Waals surface area contributed by atoms with Gasteiger partial charge in [-0.25, -0.2) is 0 Å². The van der Waals surface area contributed by atoms with Gasteiger partial charge in [0.1, 0.15) is 0 Å². The van der Waals surface area contributed by atoms with Crippen LogP contribution in [0.25, 0.3) is 0 Å². The molecule has 0 amide bonds. The zero-order valence-electron chi connectivity index (χ0n) is 17.2. The van der Waals surface area contributed by atoms with Gasteiger partial charge in [0.15, 0.2) is 0 Å². The van der Waals surface area contributed by atoms with Crippen molar-refractivity contribution in [1.29, 1.82) is 0 Å². The third-order valence-electron chi connectivity index (χ3n) is 7.88. The van der Waals surface area contributed by atoms with E-state index in [1.165, 1.54) is 56.1 Å². The number of rotatable bonds is 3. The average molecular weight is 464 g/mol. The molecular formula is C25H37I. The Hall–Kier alpha value is -0.310. The van der Waals surface area contributed by atoms with E-state index in [2.05, 4.69) is 79.2 Å². The summed E-state index contributed by atoms with van der Waals surface area (Å²) in [6, 6.07) is 0. The highest BCUT2D eigenvalue weighted by Crippen LogP contribution is 2.59. The van der Waals surface area contributed by atoms with Gasteiger partial charge in [0.05, 0.1) is 0 Å². The van der Waals surface area contributed by atoms with Gasteiger partial charge in [0, 0.05) is 0 Å². The molecule has 0 nitrogen and oxygen atoms in total. The number of halogens is 1. The predicted octanol–water partition coefficient (Wildman–Crippen LogP) is 8.26. The van der Waals surface area contributed by atoms with Gasteiger partial charge in [-0.1, -0.05) is 80.7 Å². The molecule has 0 spiro atoms. The first-order valence-electron chi connectivity index (χ1n) is 10.7. The van der Waals surface area contributed by atoms with E-state index in [1.54, 1.807) is 5.57 Å². The topological polar surface area (TPSA) is 0 Å². The van der Waals surface area contributed by atoms with Crippen LogP contribution in [0.4, 0.5) is 0 Å². The summed E-state index contributed by atoms with van der Waals surface area (Å²) in [5.74, 6) is 3.80. The van der Waals surface area contributed by atoms with Crippen molar-refractivity contribution < 1.29 is 0 Å². The largest absolute Gasteiger partial charge is 0.0953 e. The Morgan fingerprint density at radius 3 is 2.73 bits per heavy atom. The van der Waals surface area contributed by atoms with Crippen LogP contribution in [0.1, 0.15) is 72.6 Å². The van der Waals surface area contributed by atoms with Gasteiger partial charge in [-0.05, 0) is 95.2 Å². The second-order valence-electron chi connectivity index (χ2n) is 9.68. The standard InChI is InChI=1S/C25H37I/c1-17-15-19(3)20(4)22(16-17)9-8-21-7-6-13-25(5)23(10-11-24(21)25)18(2)12-14-26/h8-9,12,14,17-19,23-24H,4,6-7,10-11,13,15-16H2,1-3,5H3/b14-12+,21-8+,22-9-/t17-,18+,19-,23+,24-,25+/m0/s1. The van der Waals surface area contributed by atoms with E-state index >= 15 is 0 Å². The molecule has 3 saturated carbocycles. The van der Waals surface area contributed by atoms with Crippen molar-refractivity contribution in [1.82, 2.24) is 0 Å². The first-order valence-corrected chi connectivity index (χ1v) is 12.0. The minimum Gasteiger partial charge on any atom is -0.0953 e. The van der Waals surface area contributed by atoms with Crippen LogP contribution in [0.2, 0.25) is 0 Å². The zero-order chi connectivity index (χ0) is 18.9. The molecule has 3 aliphatic rings. The molecule has 6 atom stereocenters. The number of fused-ring (bicyclic) bond motifs is 1. The molecular weight excluding hydrogens is 427 g/mol. The minimum atomic E-state index is 0.502. The summed E-state index contributed by atoms with van der Waals surface area (Å²) in [5, 5.41) is 0. The molecule has 3 rings (SSSR count). The van der Waals surface area contributed by atoms with Crippen molar-refractivity contribution in [2.45, 2.75) is 72.6 Å². The second kappa shape index (κ2) is 8.37. The summed E-state index contributed by atoms with van der Waals surface area (Å²) < 4.78 is 2.22. The fourth-order valence-electron chi connectivity index (χ4n) is 6.43. The van der Waals surface area contributed by atoms with Gasteiger partial charge in [0.25, 0.3) is 0 Å². The first kappa shape index (κ1) is 20.4. The van der Waals surface area contributed by atoms with Crippen LogP contribution in [0.15, 0.2) is 45.6 Å². The van der Waals surface area contributed by atoms with Gasteiger partial charge in [-0.2, -0.15) is 0 Å². The van der Waals surface area contributed by atoms with Gasteiger partial charge in [-0.15, -0.1) is 0 Å². The number of hydrogen-bond acceptors (Lipinski definition) is 0. The van der Waals surface area contributed by atoms with Crippen molar-refractivity contribution in [2.24, 2.45) is 35.0 Å². The van der Waals surface area contributed by atoms with Crippen molar-refractivity contribution >= 4 is 22.6 Å². The van der Waals surface area contributed by atoms with E-state index in [9.17, 15) is 0 Å². The van der Waals surface area contributed by atoms with Crippen LogP contribution in [0, 0.1) is 35.0 Å². The molecule has 0 bridgehead atoms. The van der Waals surface area contributed by atoms with E-state index in [1.807, 2.05) is 0 Å². The molecule has 0 saturated heterocycles. The Morgan fingerprint density at radius 2 is 2.00 bits per heavy atom. The summed E-state index contributed by atoms with van der Waals surface area (Å²) in [4.78, 5) is 0. The Kier molecular flexibility index (Phi) is 6.57. The van der Waals surface area contributed by atoms with Crippen molar-refractivity contribution in [3.8, 4) is 0 Å². The van der Waals surface area contributed by atoms with Gasteiger partial charge in [0.2, 0.25) is 0 Å². The Bertz CT molecular complexity index is 622. The van der Waals surface area contributed by atoms with Crippen LogP contribution < -0.4 is 0 Å². The highest BCUT2D eigenvalue weighted by atomic mass is 127. The maximum absolute atomic E-state index is 4.40. The second-order valence-corrected chi connectivity index (χ2v) is 10.4. The quantitative estimate of drug-likeness (QED) is 0.369. The molecule has 0 N–H and O–H groups in total. The average Bonchev–Trinajstić information content (AvgIpc) is 2.94.